The van der Waals surface area contributed by atoms with E-state index in [9.17, 15) is 5.11 Å². The summed E-state index contributed by atoms with van der Waals surface area (Å²) in [6.07, 6.45) is 0.702. The van der Waals surface area contributed by atoms with Crippen LogP contribution in [0, 0.1) is 5.92 Å². The van der Waals surface area contributed by atoms with Gasteiger partial charge in [-0.3, -0.25) is 0 Å². The van der Waals surface area contributed by atoms with Gasteiger partial charge < -0.3 is 5.11 Å². The van der Waals surface area contributed by atoms with Gasteiger partial charge in [0.25, 0.3) is 0 Å². The third kappa shape index (κ3) is 4.00. The Hall–Kier alpha value is -0.180. The largest absolute Gasteiger partial charge is 0.389 e. The smallest absolute Gasteiger partial charge is 0.0776 e. The minimum absolute atomic E-state index is 0.499. The van der Waals surface area contributed by atoms with Crippen LogP contribution in [-0.4, -0.2) is 10.9 Å². The summed E-state index contributed by atoms with van der Waals surface area (Å²) in [5, 5.41) is 10.1. The van der Waals surface area contributed by atoms with Gasteiger partial charge in [-0.1, -0.05) is 37.9 Å². The van der Waals surface area contributed by atoms with Gasteiger partial charge in [0.1, 0.15) is 0 Å². The SMILES string of the molecule is CCC(C)CSc1ccc(C(C)O)c(Cl)c1. The summed E-state index contributed by atoms with van der Waals surface area (Å²) in [7, 11) is 0. The Labute approximate surface area is 107 Å². The van der Waals surface area contributed by atoms with E-state index >= 15 is 0 Å². The summed E-state index contributed by atoms with van der Waals surface area (Å²) in [5.41, 5.74) is 0.801. The maximum atomic E-state index is 9.46. The van der Waals surface area contributed by atoms with Crippen molar-refractivity contribution in [3.05, 3.63) is 28.8 Å². The van der Waals surface area contributed by atoms with E-state index in [1.807, 2.05) is 30.0 Å². The second kappa shape index (κ2) is 6.53. The summed E-state index contributed by atoms with van der Waals surface area (Å²) in [4.78, 5) is 1.18. The lowest BCUT2D eigenvalue weighted by molar-refractivity contribution is 0.199. The molecule has 1 N–H and O–H groups in total. The first kappa shape index (κ1) is 13.9. The van der Waals surface area contributed by atoms with Crippen LogP contribution in [0.2, 0.25) is 5.02 Å². The monoisotopic (exact) mass is 258 g/mol. The average Bonchev–Trinajstić information content (AvgIpc) is 2.25. The van der Waals surface area contributed by atoms with Crippen LogP contribution in [0.1, 0.15) is 38.9 Å². The molecule has 0 aliphatic rings. The zero-order valence-electron chi connectivity index (χ0n) is 10.0. The first-order chi connectivity index (χ1) is 7.54. The Morgan fingerprint density at radius 3 is 2.56 bits per heavy atom. The Bertz CT molecular complexity index is 339. The van der Waals surface area contributed by atoms with Crippen molar-refractivity contribution in [2.75, 3.05) is 5.75 Å². The first-order valence-electron chi connectivity index (χ1n) is 5.64. The fourth-order valence-electron chi connectivity index (χ4n) is 1.29. The van der Waals surface area contributed by atoms with Crippen molar-refractivity contribution in [3.8, 4) is 0 Å². The summed E-state index contributed by atoms with van der Waals surface area (Å²) in [5.74, 6) is 1.83. The van der Waals surface area contributed by atoms with Gasteiger partial charge >= 0.3 is 0 Å². The molecule has 0 radical (unpaired) electrons. The van der Waals surface area contributed by atoms with Gasteiger partial charge in [0.2, 0.25) is 0 Å². The lowest BCUT2D eigenvalue weighted by Gasteiger charge is -2.11. The molecule has 0 aliphatic carbocycles. The highest BCUT2D eigenvalue weighted by atomic mass is 35.5. The van der Waals surface area contributed by atoms with Crippen molar-refractivity contribution in [2.45, 2.75) is 38.2 Å². The molecule has 2 unspecified atom stereocenters. The van der Waals surface area contributed by atoms with Crippen LogP contribution in [0.5, 0.6) is 0 Å². The van der Waals surface area contributed by atoms with Crippen LogP contribution in [0.15, 0.2) is 23.1 Å². The summed E-state index contributed by atoms with van der Waals surface area (Å²) < 4.78 is 0. The van der Waals surface area contributed by atoms with E-state index in [-0.39, 0.29) is 0 Å². The van der Waals surface area contributed by atoms with Crippen molar-refractivity contribution in [1.29, 1.82) is 0 Å². The number of hydrogen-bond donors (Lipinski definition) is 1. The molecule has 16 heavy (non-hydrogen) atoms. The number of hydrogen-bond acceptors (Lipinski definition) is 2. The number of thioether (sulfide) groups is 1. The number of rotatable bonds is 5. The van der Waals surface area contributed by atoms with Crippen molar-refractivity contribution >= 4 is 23.4 Å². The molecule has 0 saturated heterocycles. The first-order valence-corrected chi connectivity index (χ1v) is 7.01. The van der Waals surface area contributed by atoms with Crippen molar-refractivity contribution < 1.29 is 5.11 Å². The Morgan fingerprint density at radius 1 is 1.38 bits per heavy atom. The minimum Gasteiger partial charge on any atom is -0.389 e. The molecule has 1 rings (SSSR count). The summed E-state index contributed by atoms with van der Waals surface area (Å²) >= 11 is 7.92. The third-order valence-electron chi connectivity index (χ3n) is 2.65. The van der Waals surface area contributed by atoms with Crippen molar-refractivity contribution in [1.82, 2.24) is 0 Å². The number of halogens is 1. The second-order valence-corrected chi connectivity index (χ2v) is 5.68. The maximum absolute atomic E-state index is 9.46. The van der Waals surface area contributed by atoms with E-state index < -0.39 is 6.10 Å². The normalized spacial score (nSPS) is 14.8. The van der Waals surface area contributed by atoms with E-state index in [0.29, 0.717) is 5.02 Å². The lowest BCUT2D eigenvalue weighted by Crippen LogP contribution is -1.96. The van der Waals surface area contributed by atoms with Crippen LogP contribution < -0.4 is 0 Å². The van der Waals surface area contributed by atoms with Crippen LogP contribution in [0.25, 0.3) is 0 Å². The van der Waals surface area contributed by atoms with E-state index in [1.165, 1.54) is 11.3 Å². The molecule has 0 bridgehead atoms. The standard InChI is InChI=1S/C13H19ClOS/c1-4-9(2)8-16-11-5-6-12(10(3)15)13(14)7-11/h5-7,9-10,15H,4,8H2,1-3H3. The molecule has 0 saturated carbocycles. The predicted octanol–water partition coefficient (Wildman–Crippen LogP) is 4.53. The van der Waals surface area contributed by atoms with Crippen LogP contribution in [0.4, 0.5) is 0 Å². The number of aliphatic hydroxyl groups is 1. The van der Waals surface area contributed by atoms with Crippen molar-refractivity contribution in [3.63, 3.8) is 0 Å². The van der Waals surface area contributed by atoms with Gasteiger partial charge in [-0.25, -0.2) is 0 Å². The number of benzene rings is 1. The fourth-order valence-corrected chi connectivity index (χ4v) is 2.77. The Balaban J connectivity index is 2.66. The Morgan fingerprint density at radius 2 is 2.06 bits per heavy atom. The topological polar surface area (TPSA) is 20.2 Å². The molecule has 0 spiro atoms. The quantitative estimate of drug-likeness (QED) is 0.783. The van der Waals surface area contributed by atoms with Crippen LogP contribution in [-0.2, 0) is 0 Å². The molecular formula is C13H19ClOS. The van der Waals surface area contributed by atoms with Crippen LogP contribution in [0.3, 0.4) is 0 Å². The van der Waals surface area contributed by atoms with Gasteiger partial charge in [0, 0.05) is 15.7 Å². The van der Waals surface area contributed by atoms with Crippen LogP contribution >= 0.6 is 23.4 Å². The summed E-state index contributed by atoms with van der Waals surface area (Å²) in [6, 6.07) is 5.88. The van der Waals surface area contributed by atoms with E-state index in [1.54, 1.807) is 6.92 Å². The molecule has 3 heteroatoms. The molecule has 0 heterocycles. The molecular weight excluding hydrogens is 240 g/mol. The molecule has 90 valence electrons. The molecule has 2 atom stereocenters. The van der Waals surface area contributed by atoms with Gasteiger partial charge in [-0.15, -0.1) is 11.8 Å². The van der Waals surface area contributed by atoms with Crippen molar-refractivity contribution in [2.24, 2.45) is 5.92 Å². The lowest BCUT2D eigenvalue weighted by atomic mass is 10.1. The predicted molar refractivity (Wildman–Crippen MR) is 72.3 cm³/mol. The number of aliphatic hydroxyl groups excluding tert-OH is 1. The van der Waals surface area contributed by atoms with Gasteiger partial charge in [0.05, 0.1) is 6.10 Å². The molecule has 1 nitrogen and oxygen atoms in total. The molecule has 0 fully saturated rings. The van der Waals surface area contributed by atoms with Gasteiger partial charge in [-0.2, -0.15) is 0 Å². The fraction of sp³-hybridized carbons (Fsp3) is 0.538. The molecule has 0 amide bonds. The maximum Gasteiger partial charge on any atom is 0.0776 e. The molecule has 0 aromatic heterocycles. The third-order valence-corrected chi connectivity index (χ3v) is 4.30. The average molecular weight is 259 g/mol. The molecule has 0 aliphatic heterocycles. The van der Waals surface area contributed by atoms with E-state index in [0.717, 1.165) is 17.2 Å². The van der Waals surface area contributed by atoms with E-state index in [4.69, 9.17) is 11.6 Å². The Kier molecular flexibility index (Phi) is 5.67. The zero-order chi connectivity index (χ0) is 12.1. The minimum atomic E-state index is -0.499. The highest BCUT2D eigenvalue weighted by Crippen LogP contribution is 2.29. The zero-order valence-corrected chi connectivity index (χ0v) is 11.6. The molecule has 1 aromatic rings. The highest BCUT2D eigenvalue weighted by Gasteiger charge is 2.08. The van der Waals surface area contributed by atoms with Gasteiger partial charge in [-0.05, 0) is 30.5 Å². The van der Waals surface area contributed by atoms with Gasteiger partial charge in [0.15, 0.2) is 0 Å². The highest BCUT2D eigenvalue weighted by molar-refractivity contribution is 7.99. The summed E-state index contributed by atoms with van der Waals surface area (Å²) in [6.45, 7) is 6.18. The van der Waals surface area contributed by atoms with E-state index in [2.05, 4.69) is 13.8 Å². The molecule has 1 aromatic carbocycles. The second-order valence-electron chi connectivity index (χ2n) is 4.18.